The molecular weight excluding hydrogens is 192 g/mol. The van der Waals surface area contributed by atoms with E-state index in [0.717, 1.165) is 0 Å². The van der Waals surface area contributed by atoms with Crippen LogP contribution in [0.4, 0.5) is 5.69 Å². The molecule has 4 heteroatoms. The van der Waals surface area contributed by atoms with Crippen molar-refractivity contribution in [1.82, 2.24) is 0 Å². The Hall–Kier alpha value is -1.55. The Morgan fingerprint density at radius 3 is 2.80 bits per heavy atom. The van der Waals surface area contributed by atoms with Crippen LogP contribution in [0.15, 0.2) is 24.3 Å². The minimum atomic E-state index is 0.0342. The lowest BCUT2D eigenvalue weighted by atomic mass is 10.1. The van der Waals surface area contributed by atoms with Gasteiger partial charge in [0.1, 0.15) is 5.75 Å². The molecule has 80 valence electrons. The molecule has 1 fully saturated rings. The minimum absolute atomic E-state index is 0.0342. The van der Waals surface area contributed by atoms with E-state index in [9.17, 15) is 9.90 Å². The van der Waals surface area contributed by atoms with Gasteiger partial charge in [-0.3, -0.25) is 4.79 Å². The number of hydrogen-bond donors (Lipinski definition) is 2. The zero-order chi connectivity index (χ0) is 10.8. The minimum Gasteiger partial charge on any atom is -0.506 e. The van der Waals surface area contributed by atoms with Gasteiger partial charge >= 0.3 is 0 Å². The molecule has 1 saturated heterocycles. The van der Waals surface area contributed by atoms with Crippen molar-refractivity contribution in [2.75, 3.05) is 18.0 Å². The van der Waals surface area contributed by atoms with Crippen molar-refractivity contribution in [3.05, 3.63) is 24.3 Å². The van der Waals surface area contributed by atoms with Crippen molar-refractivity contribution in [2.24, 2.45) is 11.7 Å². The van der Waals surface area contributed by atoms with Gasteiger partial charge in [0.05, 0.1) is 5.69 Å². The fourth-order valence-electron chi connectivity index (χ4n) is 1.86. The quantitative estimate of drug-likeness (QED) is 0.748. The van der Waals surface area contributed by atoms with Gasteiger partial charge in [-0.1, -0.05) is 12.1 Å². The molecule has 1 unspecified atom stereocenters. The van der Waals surface area contributed by atoms with Crippen LogP contribution < -0.4 is 10.6 Å². The number of rotatable bonds is 2. The van der Waals surface area contributed by atoms with Gasteiger partial charge in [0.15, 0.2) is 0 Å². The lowest BCUT2D eigenvalue weighted by molar-refractivity contribution is -0.117. The van der Waals surface area contributed by atoms with Crippen LogP contribution in [0, 0.1) is 5.92 Å². The van der Waals surface area contributed by atoms with E-state index in [0.29, 0.717) is 25.2 Å². The summed E-state index contributed by atoms with van der Waals surface area (Å²) in [5.41, 5.74) is 6.11. The average molecular weight is 206 g/mol. The van der Waals surface area contributed by atoms with Crippen LogP contribution >= 0.6 is 0 Å². The van der Waals surface area contributed by atoms with E-state index in [2.05, 4.69) is 0 Å². The van der Waals surface area contributed by atoms with Crippen molar-refractivity contribution in [1.29, 1.82) is 0 Å². The number of aromatic hydroxyl groups is 1. The van der Waals surface area contributed by atoms with Crippen molar-refractivity contribution < 1.29 is 9.90 Å². The van der Waals surface area contributed by atoms with Crippen molar-refractivity contribution in [3.8, 4) is 5.75 Å². The summed E-state index contributed by atoms with van der Waals surface area (Å²) in [5.74, 6) is 0.382. The Balaban J connectivity index is 2.25. The molecule has 1 aliphatic rings. The van der Waals surface area contributed by atoms with Crippen LogP contribution in [-0.2, 0) is 4.79 Å². The third-order valence-electron chi connectivity index (χ3n) is 2.71. The van der Waals surface area contributed by atoms with Gasteiger partial charge < -0.3 is 15.7 Å². The molecule has 1 aliphatic heterocycles. The summed E-state index contributed by atoms with van der Waals surface area (Å²) < 4.78 is 0. The summed E-state index contributed by atoms with van der Waals surface area (Å²) in [7, 11) is 0. The molecular formula is C11H14N2O2. The maximum atomic E-state index is 11.7. The molecule has 1 aromatic carbocycles. The number of nitrogens with two attached hydrogens (primary N) is 1. The molecule has 0 aliphatic carbocycles. The summed E-state index contributed by atoms with van der Waals surface area (Å²) in [6.07, 6.45) is 0.477. The zero-order valence-corrected chi connectivity index (χ0v) is 8.39. The Bertz CT molecular complexity index is 379. The molecule has 0 aromatic heterocycles. The van der Waals surface area contributed by atoms with Crippen LogP contribution in [0.3, 0.4) is 0 Å². The number of para-hydroxylation sites is 2. The Morgan fingerprint density at radius 2 is 2.20 bits per heavy atom. The van der Waals surface area contributed by atoms with Gasteiger partial charge in [-0.05, 0) is 24.6 Å². The fourth-order valence-corrected chi connectivity index (χ4v) is 1.86. The summed E-state index contributed by atoms with van der Waals surface area (Å²) in [6.45, 7) is 1.11. The van der Waals surface area contributed by atoms with Gasteiger partial charge in [0.2, 0.25) is 5.91 Å². The molecule has 0 saturated carbocycles. The van der Waals surface area contributed by atoms with Gasteiger partial charge in [0, 0.05) is 13.0 Å². The van der Waals surface area contributed by atoms with Gasteiger partial charge in [-0.2, -0.15) is 0 Å². The first kappa shape index (κ1) is 9.98. The number of benzene rings is 1. The number of carbonyl (C=O) groups is 1. The zero-order valence-electron chi connectivity index (χ0n) is 8.39. The predicted molar refractivity (Wildman–Crippen MR) is 57.6 cm³/mol. The van der Waals surface area contributed by atoms with Crippen LogP contribution in [0.2, 0.25) is 0 Å². The summed E-state index contributed by atoms with van der Waals surface area (Å²) >= 11 is 0. The number of carbonyl (C=O) groups excluding carboxylic acids is 1. The Labute approximate surface area is 88.3 Å². The van der Waals surface area contributed by atoms with E-state index in [4.69, 9.17) is 5.73 Å². The molecule has 4 nitrogen and oxygen atoms in total. The highest BCUT2D eigenvalue weighted by atomic mass is 16.3. The second kappa shape index (κ2) is 3.90. The van der Waals surface area contributed by atoms with E-state index in [1.807, 2.05) is 0 Å². The Kier molecular flexibility index (Phi) is 2.60. The van der Waals surface area contributed by atoms with Crippen LogP contribution in [0.25, 0.3) is 0 Å². The summed E-state index contributed by atoms with van der Waals surface area (Å²) in [5, 5.41) is 9.62. The first-order chi connectivity index (χ1) is 7.22. The van der Waals surface area contributed by atoms with Gasteiger partial charge in [0.25, 0.3) is 0 Å². The van der Waals surface area contributed by atoms with Crippen LogP contribution in [-0.4, -0.2) is 24.1 Å². The van der Waals surface area contributed by atoms with Crippen molar-refractivity contribution in [3.63, 3.8) is 0 Å². The lowest BCUT2D eigenvalue weighted by Crippen LogP contribution is -2.25. The molecule has 1 aromatic rings. The normalized spacial score (nSPS) is 21.0. The Morgan fingerprint density at radius 1 is 1.47 bits per heavy atom. The summed E-state index contributed by atoms with van der Waals surface area (Å²) in [6, 6.07) is 6.86. The first-order valence-electron chi connectivity index (χ1n) is 5.01. The largest absolute Gasteiger partial charge is 0.506 e. The monoisotopic (exact) mass is 206 g/mol. The van der Waals surface area contributed by atoms with Crippen LogP contribution in [0.1, 0.15) is 6.42 Å². The SMILES string of the molecule is NCC1CC(=O)N(c2ccccc2O)C1. The highest BCUT2D eigenvalue weighted by Crippen LogP contribution is 2.31. The maximum absolute atomic E-state index is 11.7. The number of anilines is 1. The maximum Gasteiger partial charge on any atom is 0.227 e. The van der Waals surface area contributed by atoms with Gasteiger partial charge in [-0.15, -0.1) is 0 Å². The highest BCUT2D eigenvalue weighted by Gasteiger charge is 2.30. The smallest absolute Gasteiger partial charge is 0.227 e. The molecule has 0 radical (unpaired) electrons. The number of hydrogen-bond acceptors (Lipinski definition) is 3. The molecule has 1 atom stereocenters. The topological polar surface area (TPSA) is 66.6 Å². The molecule has 15 heavy (non-hydrogen) atoms. The lowest BCUT2D eigenvalue weighted by Gasteiger charge is -2.17. The number of phenolic OH excluding ortho intramolecular Hbond substituents is 1. The van der Waals surface area contributed by atoms with Gasteiger partial charge in [-0.25, -0.2) is 0 Å². The second-order valence-electron chi connectivity index (χ2n) is 3.80. The van der Waals surface area contributed by atoms with E-state index < -0.39 is 0 Å². The number of nitrogens with zero attached hydrogens (tertiary/aromatic N) is 1. The highest BCUT2D eigenvalue weighted by molar-refractivity contribution is 5.97. The summed E-state index contributed by atoms with van der Waals surface area (Å²) in [4.78, 5) is 13.3. The van der Waals surface area contributed by atoms with E-state index >= 15 is 0 Å². The average Bonchev–Trinajstić information content (AvgIpc) is 2.60. The third kappa shape index (κ3) is 1.80. The standard InChI is InChI=1S/C11H14N2O2/c12-6-8-5-11(15)13(7-8)9-3-1-2-4-10(9)14/h1-4,8,14H,5-7,12H2. The second-order valence-corrected chi connectivity index (χ2v) is 3.80. The molecule has 1 heterocycles. The fraction of sp³-hybridized carbons (Fsp3) is 0.364. The van der Waals surface area contributed by atoms with E-state index in [1.165, 1.54) is 0 Å². The predicted octanol–water partition coefficient (Wildman–Crippen LogP) is 0.704. The molecule has 0 spiro atoms. The molecule has 2 rings (SSSR count). The number of phenols is 1. The first-order valence-corrected chi connectivity index (χ1v) is 5.01. The molecule has 1 amide bonds. The van der Waals surface area contributed by atoms with E-state index in [-0.39, 0.29) is 17.6 Å². The molecule has 3 N–H and O–H groups in total. The van der Waals surface area contributed by atoms with Crippen molar-refractivity contribution >= 4 is 11.6 Å². The number of amides is 1. The van der Waals surface area contributed by atoms with E-state index in [1.54, 1.807) is 29.2 Å². The molecule has 0 bridgehead atoms. The third-order valence-corrected chi connectivity index (χ3v) is 2.71. The van der Waals surface area contributed by atoms with Crippen molar-refractivity contribution in [2.45, 2.75) is 6.42 Å². The van der Waals surface area contributed by atoms with Crippen LogP contribution in [0.5, 0.6) is 5.75 Å².